The van der Waals surface area contributed by atoms with Crippen LogP contribution >= 0.6 is 34.5 Å². The van der Waals surface area contributed by atoms with Gasteiger partial charge in [0.1, 0.15) is 11.9 Å². The Balaban J connectivity index is 1.96. The molecule has 2 aromatic rings. The number of ether oxygens (including phenoxy) is 2. The van der Waals surface area contributed by atoms with E-state index in [1.54, 1.807) is 18.2 Å². The molecule has 0 saturated heterocycles. The smallest absolute Gasteiger partial charge is 0.313 e. The van der Waals surface area contributed by atoms with Gasteiger partial charge in [0.05, 0.1) is 17.1 Å². The molecule has 1 aromatic heterocycles. The maximum atomic E-state index is 12.1. The van der Waals surface area contributed by atoms with E-state index in [9.17, 15) is 9.59 Å². The number of anilines is 1. The largest absolute Gasteiger partial charge is 0.495 e. The molecule has 2 rings (SSSR count). The van der Waals surface area contributed by atoms with Crippen LogP contribution in [0.25, 0.3) is 0 Å². The zero-order valence-corrected chi connectivity index (χ0v) is 15.8. The number of halogens is 2. The highest BCUT2D eigenvalue weighted by Gasteiger charge is 2.19. The molecule has 0 spiro atoms. The molecule has 0 aliphatic rings. The average molecular weight is 403 g/mol. The number of hydrogen-bond acceptors (Lipinski definition) is 5. The normalized spacial score (nSPS) is 11.7. The number of hydrogen-bond donors (Lipinski definition) is 2. The molecule has 0 fully saturated rings. The summed E-state index contributed by atoms with van der Waals surface area (Å²) in [6.45, 7) is 0.131. The Labute approximate surface area is 159 Å². The molecular weight excluding hydrogens is 387 g/mol. The minimum atomic E-state index is -0.834. The first-order chi connectivity index (χ1) is 11.9. The zero-order chi connectivity index (χ0) is 18.4. The van der Waals surface area contributed by atoms with Crippen molar-refractivity contribution < 1.29 is 19.1 Å². The third-order valence-electron chi connectivity index (χ3n) is 3.26. The summed E-state index contributed by atoms with van der Waals surface area (Å²) < 4.78 is 11.1. The highest BCUT2D eigenvalue weighted by molar-refractivity contribution is 7.16. The van der Waals surface area contributed by atoms with E-state index in [-0.39, 0.29) is 6.54 Å². The van der Waals surface area contributed by atoms with Crippen LogP contribution in [-0.4, -0.2) is 32.6 Å². The van der Waals surface area contributed by atoms with Crippen LogP contribution in [0.15, 0.2) is 30.3 Å². The first-order valence-corrected chi connectivity index (χ1v) is 8.72. The van der Waals surface area contributed by atoms with Gasteiger partial charge in [-0.3, -0.25) is 9.59 Å². The van der Waals surface area contributed by atoms with Gasteiger partial charge in [0.25, 0.3) is 0 Å². The molecular formula is C16H16Cl2N2O4S. The summed E-state index contributed by atoms with van der Waals surface area (Å²) in [7, 11) is 2.97. The van der Waals surface area contributed by atoms with Crippen LogP contribution in [0.5, 0.6) is 5.75 Å². The van der Waals surface area contributed by atoms with Crippen LogP contribution < -0.4 is 15.4 Å². The Kier molecular flexibility index (Phi) is 7.07. The lowest BCUT2D eigenvalue weighted by atomic mass is 10.2. The second kappa shape index (κ2) is 9.05. The fraction of sp³-hybridized carbons (Fsp3) is 0.250. The van der Waals surface area contributed by atoms with Crippen molar-refractivity contribution >= 4 is 52.0 Å². The predicted octanol–water partition coefficient (Wildman–Crippen LogP) is 3.51. The summed E-state index contributed by atoms with van der Waals surface area (Å²) in [5.74, 6) is -1.24. The van der Waals surface area contributed by atoms with E-state index in [1.165, 1.54) is 31.6 Å². The van der Waals surface area contributed by atoms with Gasteiger partial charge in [-0.1, -0.05) is 23.2 Å². The van der Waals surface area contributed by atoms with E-state index in [4.69, 9.17) is 32.7 Å². The maximum Gasteiger partial charge on any atom is 0.313 e. The molecule has 0 aliphatic carbocycles. The molecule has 1 atom stereocenters. The first kappa shape index (κ1) is 19.5. The van der Waals surface area contributed by atoms with E-state index in [0.717, 1.165) is 4.88 Å². The van der Waals surface area contributed by atoms with Gasteiger partial charge < -0.3 is 20.1 Å². The number of benzene rings is 1. The summed E-state index contributed by atoms with van der Waals surface area (Å²) in [5, 5.41) is 5.40. The fourth-order valence-corrected chi connectivity index (χ4v) is 3.33. The van der Waals surface area contributed by atoms with Gasteiger partial charge in [-0.25, -0.2) is 0 Å². The molecule has 0 radical (unpaired) electrons. The van der Waals surface area contributed by atoms with Crippen molar-refractivity contribution in [2.75, 3.05) is 26.1 Å². The summed E-state index contributed by atoms with van der Waals surface area (Å²) >= 11 is 13.1. The number of thiophene rings is 1. The molecule has 9 heteroatoms. The molecule has 0 saturated carbocycles. The van der Waals surface area contributed by atoms with E-state index in [1.807, 2.05) is 6.07 Å². The van der Waals surface area contributed by atoms with Gasteiger partial charge in [-0.2, -0.15) is 0 Å². The van der Waals surface area contributed by atoms with Gasteiger partial charge >= 0.3 is 11.8 Å². The lowest BCUT2D eigenvalue weighted by Gasteiger charge is -2.15. The first-order valence-electron chi connectivity index (χ1n) is 7.15. The maximum absolute atomic E-state index is 12.1. The minimum absolute atomic E-state index is 0.131. The molecule has 1 heterocycles. The van der Waals surface area contributed by atoms with Crippen molar-refractivity contribution in [3.8, 4) is 5.75 Å². The number of carbonyl (C=O) groups is 2. The monoisotopic (exact) mass is 402 g/mol. The van der Waals surface area contributed by atoms with E-state index in [0.29, 0.717) is 20.8 Å². The lowest BCUT2D eigenvalue weighted by molar-refractivity contribution is -0.136. The standard InChI is InChI=1S/C16H16Cl2N2O4S/c1-23-11-4-3-9(17)7-10(11)20-16(22)15(21)19-8-12(24-2)13-5-6-14(18)25-13/h3-7,12H,8H2,1-2H3,(H,19,21)(H,20,22). The Morgan fingerprint density at radius 3 is 2.52 bits per heavy atom. The molecule has 2 N–H and O–H groups in total. The molecule has 0 aliphatic heterocycles. The van der Waals surface area contributed by atoms with E-state index >= 15 is 0 Å². The summed E-state index contributed by atoms with van der Waals surface area (Å²) in [4.78, 5) is 24.9. The van der Waals surface area contributed by atoms with Gasteiger partial charge in [0, 0.05) is 23.6 Å². The second-order valence-corrected chi connectivity index (χ2v) is 7.06. The lowest BCUT2D eigenvalue weighted by Crippen LogP contribution is -2.37. The molecule has 1 unspecified atom stereocenters. The zero-order valence-electron chi connectivity index (χ0n) is 13.5. The topological polar surface area (TPSA) is 76.7 Å². The third-order valence-corrected chi connectivity index (χ3v) is 4.82. The number of methoxy groups -OCH3 is 2. The third kappa shape index (κ3) is 5.34. The quantitative estimate of drug-likeness (QED) is 0.724. The predicted molar refractivity (Wildman–Crippen MR) is 98.7 cm³/mol. The van der Waals surface area contributed by atoms with Crippen LogP contribution in [0.2, 0.25) is 9.36 Å². The van der Waals surface area contributed by atoms with Crippen molar-refractivity contribution in [2.24, 2.45) is 0 Å². The number of amides is 2. The van der Waals surface area contributed by atoms with E-state index < -0.39 is 17.9 Å². The van der Waals surface area contributed by atoms with E-state index in [2.05, 4.69) is 10.6 Å². The van der Waals surface area contributed by atoms with Crippen LogP contribution in [-0.2, 0) is 14.3 Å². The minimum Gasteiger partial charge on any atom is -0.495 e. The Morgan fingerprint density at radius 2 is 1.92 bits per heavy atom. The average Bonchev–Trinajstić information content (AvgIpc) is 3.01. The number of carbonyl (C=O) groups excluding carboxylic acids is 2. The van der Waals surface area contributed by atoms with Crippen LogP contribution in [0.4, 0.5) is 5.69 Å². The van der Waals surface area contributed by atoms with Crippen LogP contribution in [0, 0.1) is 0 Å². The summed E-state index contributed by atoms with van der Waals surface area (Å²) in [6.07, 6.45) is -0.394. The van der Waals surface area contributed by atoms with Crippen LogP contribution in [0.3, 0.4) is 0 Å². The Morgan fingerprint density at radius 1 is 1.16 bits per heavy atom. The van der Waals surface area contributed by atoms with Crippen molar-refractivity contribution in [1.29, 1.82) is 0 Å². The highest BCUT2D eigenvalue weighted by Crippen LogP contribution is 2.29. The SMILES string of the molecule is COc1ccc(Cl)cc1NC(=O)C(=O)NCC(OC)c1ccc(Cl)s1. The molecule has 1 aromatic carbocycles. The summed E-state index contributed by atoms with van der Waals surface area (Å²) in [5.41, 5.74) is 0.309. The highest BCUT2D eigenvalue weighted by atomic mass is 35.5. The Bertz CT molecular complexity index is 766. The molecule has 2 amide bonds. The molecule has 134 valence electrons. The van der Waals surface area contributed by atoms with Crippen LogP contribution in [0.1, 0.15) is 11.0 Å². The van der Waals surface area contributed by atoms with Gasteiger partial charge in [0.15, 0.2) is 0 Å². The summed E-state index contributed by atoms with van der Waals surface area (Å²) in [6, 6.07) is 8.26. The second-order valence-electron chi connectivity index (χ2n) is 4.87. The van der Waals surface area contributed by atoms with Crippen molar-refractivity contribution in [1.82, 2.24) is 5.32 Å². The number of rotatable bonds is 6. The fourth-order valence-electron chi connectivity index (χ4n) is 2.02. The molecule has 6 nitrogen and oxygen atoms in total. The van der Waals surface area contributed by atoms with Crippen molar-refractivity contribution in [3.63, 3.8) is 0 Å². The van der Waals surface area contributed by atoms with Gasteiger partial charge in [0.2, 0.25) is 0 Å². The number of nitrogens with one attached hydrogen (secondary N) is 2. The Hall–Kier alpha value is -1.80. The molecule has 25 heavy (non-hydrogen) atoms. The van der Waals surface area contributed by atoms with Gasteiger partial charge in [-0.15, -0.1) is 11.3 Å². The van der Waals surface area contributed by atoms with Crippen molar-refractivity contribution in [3.05, 3.63) is 44.6 Å². The van der Waals surface area contributed by atoms with Gasteiger partial charge in [-0.05, 0) is 30.3 Å². The van der Waals surface area contributed by atoms with Crippen molar-refractivity contribution in [2.45, 2.75) is 6.10 Å². The molecule has 0 bridgehead atoms.